The van der Waals surface area contributed by atoms with Gasteiger partial charge >= 0.3 is 0 Å². The lowest BCUT2D eigenvalue weighted by molar-refractivity contribution is 0.102. The summed E-state index contributed by atoms with van der Waals surface area (Å²) in [5, 5.41) is 16.5. The van der Waals surface area contributed by atoms with E-state index in [-0.39, 0.29) is 10.7 Å². The zero-order chi connectivity index (χ0) is 18.5. The first-order valence-electron chi connectivity index (χ1n) is 7.48. The number of halogens is 1. The van der Waals surface area contributed by atoms with E-state index in [0.717, 1.165) is 5.56 Å². The van der Waals surface area contributed by atoms with Crippen molar-refractivity contribution in [3.8, 4) is 6.07 Å². The van der Waals surface area contributed by atoms with Gasteiger partial charge in [-0.05, 0) is 24.0 Å². The zero-order valence-electron chi connectivity index (χ0n) is 13.7. The van der Waals surface area contributed by atoms with E-state index in [1.54, 1.807) is 23.0 Å². The second kappa shape index (κ2) is 7.99. The summed E-state index contributed by atoms with van der Waals surface area (Å²) in [6.45, 7) is 0.482. The molecule has 130 valence electrons. The number of hydrogen-bond donors (Lipinski definition) is 1. The molecule has 9 heteroatoms. The van der Waals surface area contributed by atoms with Crippen LogP contribution in [0.15, 0.2) is 48.0 Å². The molecule has 0 aliphatic rings. The Kier molecular flexibility index (Phi) is 5.51. The molecule has 2 aromatic heterocycles. The molecule has 1 N–H and O–H groups in total. The van der Waals surface area contributed by atoms with Gasteiger partial charge in [-0.15, -0.1) is 0 Å². The minimum absolute atomic E-state index is 0.112. The van der Waals surface area contributed by atoms with Gasteiger partial charge in [0.1, 0.15) is 0 Å². The first kappa shape index (κ1) is 17.9. The van der Waals surface area contributed by atoms with Crippen LogP contribution in [0, 0.1) is 11.3 Å². The number of carbonyl (C=O) groups excluding carboxylic acids is 1. The molecule has 7 nitrogen and oxygen atoms in total. The number of nitriles is 1. The molecule has 3 aromatic rings. The minimum Gasteiger partial charge on any atom is -0.318 e. The Morgan fingerprint density at radius 3 is 3.04 bits per heavy atom. The van der Waals surface area contributed by atoms with Crippen LogP contribution in [-0.4, -0.2) is 31.9 Å². The molecule has 0 atom stereocenters. The van der Waals surface area contributed by atoms with Crippen LogP contribution in [0.25, 0.3) is 0 Å². The summed E-state index contributed by atoms with van der Waals surface area (Å²) in [6.07, 6.45) is 6.45. The van der Waals surface area contributed by atoms with Crippen molar-refractivity contribution < 1.29 is 4.79 Å². The number of aromatic nitrogens is 4. The van der Waals surface area contributed by atoms with E-state index in [2.05, 4.69) is 26.5 Å². The molecule has 0 radical (unpaired) electrons. The SMILES string of the molecule is CSc1ncc(Cl)c(C(=O)Nc2cnn(Cc3cccc(C#N)c3)c2)n1. The smallest absolute Gasteiger partial charge is 0.276 e. The molecule has 3 rings (SSSR count). The maximum Gasteiger partial charge on any atom is 0.276 e. The third kappa shape index (κ3) is 4.20. The first-order chi connectivity index (χ1) is 12.6. The van der Waals surface area contributed by atoms with Gasteiger partial charge in [-0.25, -0.2) is 9.97 Å². The molecule has 2 heterocycles. The summed E-state index contributed by atoms with van der Waals surface area (Å²) >= 11 is 7.34. The number of rotatable bonds is 5. The second-order valence-electron chi connectivity index (χ2n) is 5.25. The van der Waals surface area contributed by atoms with Crippen molar-refractivity contribution in [1.82, 2.24) is 19.7 Å². The molecule has 0 aliphatic heterocycles. The topological polar surface area (TPSA) is 96.5 Å². The summed E-state index contributed by atoms with van der Waals surface area (Å²) in [4.78, 5) is 20.5. The van der Waals surface area contributed by atoms with Gasteiger partial charge in [0.25, 0.3) is 5.91 Å². The van der Waals surface area contributed by atoms with Gasteiger partial charge in [0.2, 0.25) is 0 Å². The maximum absolute atomic E-state index is 12.4. The molecule has 0 saturated carbocycles. The molecule has 0 spiro atoms. The van der Waals surface area contributed by atoms with Gasteiger partial charge < -0.3 is 5.32 Å². The molecule has 1 aromatic carbocycles. The quantitative estimate of drug-likeness (QED) is 0.536. The normalized spacial score (nSPS) is 10.3. The Labute approximate surface area is 159 Å². The fourth-order valence-electron chi connectivity index (χ4n) is 2.24. The lowest BCUT2D eigenvalue weighted by Gasteiger charge is -2.05. The fraction of sp³-hybridized carbons (Fsp3) is 0.118. The third-order valence-corrected chi connectivity index (χ3v) is 4.25. The molecular weight excluding hydrogens is 372 g/mol. The average molecular weight is 385 g/mol. The molecule has 0 aliphatic carbocycles. The predicted molar refractivity (Wildman–Crippen MR) is 99.3 cm³/mol. The van der Waals surface area contributed by atoms with Crippen LogP contribution in [0.5, 0.6) is 0 Å². The van der Waals surface area contributed by atoms with Crippen molar-refractivity contribution in [1.29, 1.82) is 5.26 Å². The van der Waals surface area contributed by atoms with Crippen molar-refractivity contribution >= 4 is 35.0 Å². The number of amides is 1. The van der Waals surface area contributed by atoms with Crippen molar-refractivity contribution in [2.75, 3.05) is 11.6 Å². The standard InChI is InChI=1S/C17H13ClN6OS/c1-26-17-20-8-14(18)15(23-17)16(25)22-13-7-21-24(10-13)9-12-4-2-3-11(5-12)6-19/h2-5,7-8,10H,9H2,1H3,(H,22,25). The lowest BCUT2D eigenvalue weighted by Crippen LogP contribution is -2.14. The molecule has 0 bridgehead atoms. The lowest BCUT2D eigenvalue weighted by atomic mass is 10.1. The Hall–Kier alpha value is -2.89. The summed E-state index contributed by atoms with van der Waals surface area (Å²) < 4.78 is 1.67. The summed E-state index contributed by atoms with van der Waals surface area (Å²) in [6, 6.07) is 9.37. The van der Waals surface area contributed by atoms with Gasteiger partial charge in [0.05, 0.1) is 41.3 Å². The van der Waals surface area contributed by atoms with Crippen molar-refractivity contribution in [2.24, 2.45) is 0 Å². The summed E-state index contributed by atoms with van der Waals surface area (Å²) in [5.74, 6) is -0.432. The highest BCUT2D eigenvalue weighted by molar-refractivity contribution is 7.98. The second-order valence-corrected chi connectivity index (χ2v) is 6.43. The van der Waals surface area contributed by atoms with Crippen molar-refractivity contribution in [3.63, 3.8) is 0 Å². The maximum atomic E-state index is 12.4. The molecule has 0 fully saturated rings. The molecule has 0 saturated heterocycles. The Morgan fingerprint density at radius 2 is 2.27 bits per heavy atom. The average Bonchev–Trinajstić information content (AvgIpc) is 3.09. The fourth-order valence-corrected chi connectivity index (χ4v) is 2.76. The van der Waals surface area contributed by atoms with Crippen LogP contribution in [-0.2, 0) is 6.54 Å². The number of hydrogen-bond acceptors (Lipinski definition) is 6. The van der Waals surface area contributed by atoms with Crippen molar-refractivity contribution in [3.05, 3.63) is 64.7 Å². The number of anilines is 1. The molecule has 1 amide bonds. The zero-order valence-corrected chi connectivity index (χ0v) is 15.3. The molecule has 0 unspecified atom stereocenters. The van der Waals surface area contributed by atoms with Gasteiger partial charge in [-0.3, -0.25) is 9.48 Å². The largest absolute Gasteiger partial charge is 0.318 e. The van der Waals surface area contributed by atoms with E-state index in [4.69, 9.17) is 16.9 Å². The highest BCUT2D eigenvalue weighted by Gasteiger charge is 2.15. The minimum atomic E-state index is -0.432. The number of benzene rings is 1. The van der Waals surface area contributed by atoms with Gasteiger partial charge in [0, 0.05) is 6.20 Å². The molecule has 26 heavy (non-hydrogen) atoms. The van der Waals surface area contributed by atoms with Gasteiger partial charge in [-0.2, -0.15) is 10.4 Å². The highest BCUT2D eigenvalue weighted by atomic mass is 35.5. The van der Waals surface area contributed by atoms with Crippen LogP contribution in [0.4, 0.5) is 5.69 Å². The summed E-state index contributed by atoms with van der Waals surface area (Å²) in [5.41, 5.74) is 2.16. The third-order valence-electron chi connectivity index (χ3n) is 3.41. The van der Waals surface area contributed by atoms with Gasteiger partial charge in [0.15, 0.2) is 10.9 Å². The Bertz CT molecular complexity index is 997. The van der Waals surface area contributed by atoms with Crippen LogP contribution < -0.4 is 5.32 Å². The number of thioether (sulfide) groups is 1. The van der Waals surface area contributed by atoms with E-state index in [9.17, 15) is 4.79 Å². The van der Waals surface area contributed by atoms with Gasteiger partial charge in [-0.1, -0.05) is 35.5 Å². The number of nitrogens with one attached hydrogen (secondary N) is 1. The molecular formula is C17H13ClN6OS. The monoisotopic (exact) mass is 384 g/mol. The first-order valence-corrected chi connectivity index (χ1v) is 9.08. The highest BCUT2D eigenvalue weighted by Crippen LogP contribution is 2.18. The predicted octanol–water partition coefficient (Wildman–Crippen LogP) is 3.22. The van der Waals surface area contributed by atoms with Crippen LogP contribution in [0.2, 0.25) is 5.02 Å². The Balaban J connectivity index is 1.72. The van der Waals surface area contributed by atoms with Crippen molar-refractivity contribution in [2.45, 2.75) is 11.7 Å². The number of carbonyl (C=O) groups is 1. The van der Waals surface area contributed by atoms with E-state index in [1.807, 2.05) is 18.4 Å². The van der Waals surface area contributed by atoms with E-state index in [0.29, 0.717) is 23.0 Å². The van der Waals surface area contributed by atoms with E-state index in [1.165, 1.54) is 24.2 Å². The Morgan fingerprint density at radius 1 is 1.42 bits per heavy atom. The number of nitrogens with zero attached hydrogens (tertiary/aromatic N) is 5. The van der Waals surface area contributed by atoms with E-state index < -0.39 is 5.91 Å². The van der Waals surface area contributed by atoms with Crippen LogP contribution in [0.3, 0.4) is 0 Å². The van der Waals surface area contributed by atoms with Crippen LogP contribution >= 0.6 is 23.4 Å². The van der Waals surface area contributed by atoms with E-state index >= 15 is 0 Å². The summed E-state index contributed by atoms with van der Waals surface area (Å²) in [7, 11) is 0. The van der Waals surface area contributed by atoms with Crippen LogP contribution in [0.1, 0.15) is 21.6 Å².